The van der Waals surface area contributed by atoms with E-state index in [2.05, 4.69) is 39.9 Å². The zero-order chi connectivity index (χ0) is 19.3. The van der Waals surface area contributed by atoms with E-state index >= 15 is 0 Å². The molecule has 0 amide bonds. The molecule has 28 heavy (non-hydrogen) atoms. The van der Waals surface area contributed by atoms with Gasteiger partial charge in [-0.3, -0.25) is 9.80 Å². The first kappa shape index (κ1) is 18.7. The normalized spacial score (nSPS) is 15.6. The summed E-state index contributed by atoms with van der Waals surface area (Å²) in [4.78, 5) is 9.36. The van der Waals surface area contributed by atoms with Crippen molar-refractivity contribution in [2.45, 2.75) is 20.0 Å². The van der Waals surface area contributed by atoms with Crippen molar-refractivity contribution in [2.75, 3.05) is 33.3 Å². The largest absolute Gasteiger partial charge is 0.496 e. The second-order valence-electron chi connectivity index (χ2n) is 7.35. The van der Waals surface area contributed by atoms with Gasteiger partial charge in [0.1, 0.15) is 5.75 Å². The van der Waals surface area contributed by atoms with Crippen LogP contribution < -0.4 is 4.74 Å². The van der Waals surface area contributed by atoms with Crippen LogP contribution in [0.2, 0.25) is 0 Å². The molecule has 5 nitrogen and oxygen atoms in total. The number of aryl methyl sites for hydroxylation is 1. The average Bonchev–Trinajstić information content (AvgIpc) is 3.19. The quantitative estimate of drug-likeness (QED) is 0.650. The van der Waals surface area contributed by atoms with Crippen molar-refractivity contribution in [2.24, 2.45) is 0 Å². The van der Waals surface area contributed by atoms with Crippen molar-refractivity contribution in [3.63, 3.8) is 0 Å². The number of hydrogen-bond acceptors (Lipinski definition) is 5. The lowest BCUT2D eigenvalue weighted by Crippen LogP contribution is -2.45. The second-order valence-corrected chi connectivity index (χ2v) is 7.35. The lowest BCUT2D eigenvalue weighted by molar-refractivity contribution is 0.114. The van der Waals surface area contributed by atoms with Crippen LogP contribution in [0.15, 0.2) is 59.1 Å². The predicted octanol–water partition coefficient (Wildman–Crippen LogP) is 3.98. The number of nitrogens with zero attached hydrogens (tertiary/aromatic N) is 3. The van der Waals surface area contributed by atoms with E-state index in [9.17, 15) is 0 Å². The number of rotatable bonds is 6. The molecule has 1 aromatic heterocycles. The van der Waals surface area contributed by atoms with Gasteiger partial charge in [-0.25, -0.2) is 4.98 Å². The van der Waals surface area contributed by atoms with Crippen LogP contribution in [0.5, 0.6) is 5.75 Å². The number of methoxy groups -OCH3 is 1. The Hall–Kier alpha value is -2.63. The smallest absolute Gasteiger partial charge is 0.209 e. The Bertz CT molecular complexity index is 899. The van der Waals surface area contributed by atoms with E-state index in [-0.39, 0.29) is 0 Å². The highest BCUT2D eigenvalue weighted by molar-refractivity contribution is 5.55. The van der Waals surface area contributed by atoms with Crippen molar-refractivity contribution in [1.82, 2.24) is 14.8 Å². The Balaban J connectivity index is 1.31. The topological polar surface area (TPSA) is 41.7 Å². The summed E-state index contributed by atoms with van der Waals surface area (Å²) < 4.78 is 11.5. The molecule has 5 heteroatoms. The summed E-state index contributed by atoms with van der Waals surface area (Å²) in [6, 6.07) is 16.5. The van der Waals surface area contributed by atoms with Crippen LogP contribution in [0.25, 0.3) is 11.3 Å². The van der Waals surface area contributed by atoms with E-state index in [0.717, 1.165) is 62.2 Å². The summed E-state index contributed by atoms with van der Waals surface area (Å²) in [6.07, 6.45) is 1.82. The Labute approximate surface area is 166 Å². The molecule has 0 saturated carbocycles. The second kappa shape index (κ2) is 8.59. The molecule has 2 heterocycles. The lowest BCUT2D eigenvalue weighted by atomic mass is 10.1. The van der Waals surface area contributed by atoms with E-state index in [1.165, 1.54) is 11.1 Å². The zero-order valence-electron chi connectivity index (χ0n) is 16.6. The summed E-state index contributed by atoms with van der Waals surface area (Å²) in [6.45, 7) is 7.90. The van der Waals surface area contributed by atoms with Gasteiger partial charge >= 0.3 is 0 Å². The third-order valence-corrected chi connectivity index (χ3v) is 5.27. The summed E-state index contributed by atoms with van der Waals surface area (Å²) in [5, 5.41) is 0. The molecule has 0 N–H and O–H groups in total. The van der Waals surface area contributed by atoms with Crippen LogP contribution >= 0.6 is 0 Å². The van der Waals surface area contributed by atoms with E-state index < -0.39 is 0 Å². The standard InChI is InChI=1S/C23H27N3O2/c1-18-8-9-21(27-2)20(14-18)16-25-10-12-26(13-11-25)17-23-24-15-22(28-23)19-6-4-3-5-7-19/h3-9,14-15H,10-13,16-17H2,1-2H3. The molecule has 4 rings (SSSR count). The van der Waals surface area contributed by atoms with Crippen LogP contribution in [0.1, 0.15) is 17.0 Å². The highest BCUT2D eigenvalue weighted by Crippen LogP contribution is 2.23. The number of ether oxygens (including phenoxy) is 1. The lowest BCUT2D eigenvalue weighted by Gasteiger charge is -2.34. The Morgan fingerprint density at radius 2 is 1.68 bits per heavy atom. The van der Waals surface area contributed by atoms with Crippen molar-refractivity contribution in [3.8, 4) is 17.1 Å². The Morgan fingerprint density at radius 1 is 0.964 bits per heavy atom. The molecule has 1 aliphatic heterocycles. The Kier molecular flexibility index (Phi) is 5.74. The van der Waals surface area contributed by atoms with Crippen molar-refractivity contribution in [1.29, 1.82) is 0 Å². The maximum Gasteiger partial charge on any atom is 0.209 e. The molecule has 146 valence electrons. The molecule has 0 spiro atoms. The van der Waals surface area contributed by atoms with Gasteiger partial charge in [-0.1, -0.05) is 48.0 Å². The minimum atomic E-state index is 0.758. The summed E-state index contributed by atoms with van der Waals surface area (Å²) >= 11 is 0. The van der Waals surface area contributed by atoms with Crippen molar-refractivity contribution >= 4 is 0 Å². The van der Waals surface area contributed by atoms with Crippen LogP contribution in [-0.4, -0.2) is 48.1 Å². The van der Waals surface area contributed by atoms with E-state index in [4.69, 9.17) is 9.15 Å². The van der Waals surface area contributed by atoms with Gasteiger partial charge in [0, 0.05) is 43.9 Å². The van der Waals surface area contributed by atoms with E-state index in [1.807, 2.05) is 36.5 Å². The molecule has 0 bridgehead atoms. The van der Waals surface area contributed by atoms with Crippen LogP contribution in [0.3, 0.4) is 0 Å². The molecule has 0 atom stereocenters. The monoisotopic (exact) mass is 377 g/mol. The molecule has 2 aromatic carbocycles. The molecule has 1 saturated heterocycles. The molecule has 0 radical (unpaired) electrons. The van der Waals surface area contributed by atoms with Crippen molar-refractivity contribution < 1.29 is 9.15 Å². The first-order valence-corrected chi connectivity index (χ1v) is 9.79. The van der Waals surface area contributed by atoms with Gasteiger partial charge in [0.05, 0.1) is 19.9 Å². The zero-order valence-corrected chi connectivity index (χ0v) is 16.6. The van der Waals surface area contributed by atoms with Gasteiger partial charge < -0.3 is 9.15 Å². The van der Waals surface area contributed by atoms with Gasteiger partial charge in [-0.2, -0.15) is 0 Å². The SMILES string of the molecule is COc1ccc(C)cc1CN1CCN(Cc2ncc(-c3ccccc3)o2)CC1. The maximum absolute atomic E-state index is 5.96. The Morgan fingerprint density at radius 3 is 2.39 bits per heavy atom. The molecular weight excluding hydrogens is 350 g/mol. The first-order chi connectivity index (χ1) is 13.7. The third kappa shape index (κ3) is 4.43. The fraction of sp³-hybridized carbons (Fsp3) is 0.348. The van der Waals surface area contributed by atoms with Gasteiger partial charge in [-0.05, 0) is 13.0 Å². The summed E-state index contributed by atoms with van der Waals surface area (Å²) in [5.41, 5.74) is 3.60. The van der Waals surface area contributed by atoms with E-state index in [0.29, 0.717) is 0 Å². The number of benzene rings is 2. The minimum absolute atomic E-state index is 0.758. The fourth-order valence-corrected chi connectivity index (χ4v) is 3.69. The van der Waals surface area contributed by atoms with Gasteiger partial charge in [0.25, 0.3) is 0 Å². The first-order valence-electron chi connectivity index (χ1n) is 9.79. The predicted molar refractivity (Wildman–Crippen MR) is 110 cm³/mol. The minimum Gasteiger partial charge on any atom is -0.496 e. The molecule has 1 aliphatic rings. The molecule has 0 aliphatic carbocycles. The molecule has 1 fully saturated rings. The third-order valence-electron chi connectivity index (χ3n) is 5.27. The van der Waals surface area contributed by atoms with E-state index in [1.54, 1.807) is 7.11 Å². The number of oxazole rings is 1. The van der Waals surface area contributed by atoms with Gasteiger partial charge in [-0.15, -0.1) is 0 Å². The van der Waals surface area contributed by atoms with Crippen LogP contribution in [0.4, 0.5) is 0 Å². The van der Waals surface area contributed by atoms with Crippen LogP contribution in [-0.2, 0) is 13.1 Å². The average molecular weight is 377 g/mol. The van der Waals surface area contributed by atoms with Crippen LogP contribution in [0, 0.1) is 6.92 Å². The van der Waals surface area contributed by atoms with Gasteiger partial charge in [0.2, 0.25) is 5.89 Å². The highest BCUT2D eigenvalue weighted by Gasteiger charge is 2.20. The molecule has 3 aromatic rings. The van der Waals surface area contributed by atoms with Gasteiger partial charge in [0.15, 0.2) is 5.76 Å². The number of hydrogen-bond donors (Lipinski definition) is 0. The molecule has 0 unspecified atom stereocenters. The van der Waals surface area contributed by atoms with Crippen molar-refractivity contribution in [3.05, 3.63) is 71.7 Å². The molecular formula is C23H27N3O2. The summed E-state index contributed by atoms with van der Waals surface area (Å²) in [5.74, 6) is 2.59. The summed E-state index contributed by atoms with van der Waals surface area (Å²) in [7, 11) is 1.74. The number of piperazine rings is 1. The number of aromatic nitrogens is 1. The fourth-order valence-electron chi connectivity index (χ4n) is 3.69. The maximum atomic E-state index is 5.96. The highest BCUT2D eigenvalue weighted by atomic mass is 16.5.